The number of hydrogen-bond acceptors (Lipinski definition) is 3. The molecule has 116 valence electrons. The van der Waals surface area contributed by atoms with Crippen molar-refractivity contribution in [2.45, 2.75) is 45.1 Å². The Morgan fingerprint density at radius 1 is 0.850 bits per heavy atom. The number of hydrogen-bond donors (Lipinski definition) is 0. The van der Waals surface area contributed by atoms with Gasteiger partial charge >= 0.3 is 0 Å². The van der Waals surface area contributed by atoms with E-state index in [2.05, 4.69) is 28.7 Å². The van der Waals surface area contributed by atoms with E-state index in [1.165, 1.54) is 77.9 Å². The zero-order chi connectivity index (χ0) is 13.9. The summed E-state index contributed by atoms with van der Waals surface area (Å²) in [4.78, 5) is 8.03. The van der Waals surface area contributed by atoms with E-state index in [1.807, 2.05) is 0 Å². The second kappa shape index (κ2) is 6.76. The van der Waals surface area contributed by atoms with Gasteiger partial charge in [-0.1, -0.05) is 6.92 Å². The van der Waals surface area contributed by atoms with Crippen LogP contribution in [0.3, 0.4) is 0 Å². The highest BCUT2D eigenvalue weighted by atomic mass is 15.3. The Hall–Kier alpha value is -0.120. The van der Waals surface area contributed by atoms with Gasteiger partial charge in [-0.2, -0.15) is 0 Å². The van der Waals surface area contributed by atoms with E-state index in [4.69, 9.17) is 0 Å². The molecule has 0 N–H and O–H groups in total. The Bertz CT molecular complexity index is 291. The molecule has 3 aliphatic heterocycles. The smallest absolute Gasteiger partial charge is 0.0235 e. The molecule has 3 rings (SSSR count). The fourth-order valence-electron chi connectivity index (χ4n) is 4.28. The van der Waals surface area contributed by atoms with E-state index in [9.17, 15) is 0 Å². The molecule has 20 heavy (non-hydrogen) atoms. The molecule has 3 heterocycles. The van der Waals surface area contributed by atoms with Crippen LogP contribution in [-0.2, 0) is 0 Å². The maximum Gasteiger partial charge on any atom is 0.0235 e. The average Bonchev–Trinajstić information content (AvgIpc) is 2.91. The lowest BCUT2D eigenvalue weighted by Crippen LogP contribution is -2.43. The van der Waals surface area contributed by atoms with Gasteiger partial charge in [-0.15, -0.1) is 0 Å². The Kier molecular flexibility index (Phi) is 5.00. The Labute approximate surface area is 125 Å². The molecule has 0 aromatic rings. The van der Waals surface area contributed by atoms with E-state index in [-0.39, 0.29) is 0 Å². The topological polar surface area (TPSA) is 9.72 Å². The summed E-state index contributed by atoms with van der Waals surface area (Å²) in [6, 6.07) is 0.869. The first-order valence-electron chi connectivity index (χ1n) is 8.85. The maximum atomic E-state index is 2.79. The summed E-state index contributed by atoms with van der Waals surface area (Å²) in [5, 5.41) is 0. The molecule has 1 atom stereocenters. The third kappa shape index (κ3) is 3.75. The molecule has 3 aliphatic rings. The van der Waals surface area contributed by atoms with E-state index >= 15 is 0 Å². The van der Waals surface area contributed by atoms with Crippen LogP contribution < -0.4 is 0 Å². The molecule has 0 spiro atoms. The highest BCUT2D eigenvalue weighted by molar-refractivity contribution is 4.87. The van der Waals surface area contributed by atoms with Crippen LogP contribution in [0.1, 0.15) is 39.0 Å². The van der Waals surface area contributed by atoms with Gasteiger partial charge in [0.15, 0.2) is 0 Å². The minimum absolute atomic E-state index is 0.869. The number of likely N-dealkylation sites (tertiary alicyclic amines) is 3. The van der Waals surface area contributed by atoms with Gasteiger partial charge in [0.2, 0.25) is 0 Å². The molecule has 0 amide bonds. The van der Waals surface area contributed by atoms with Crippen molar-refractivity contribution in [3.63, 3.8) is 0 Å². The molecule has 3 nitrogen and oxygen atoms in total. The second-order valence-electron chi connectivity index (χ2n) is 7.67. The molecule has 0 aromatic carbocycles. The predicted octanol–water partition coefficient (Wildman–Crippen LogP) is 2.13. The van der Waals surface area contributed by atoms with Crippen molar-refractivity contribution in [2.24, 2.45) is 11.8 Å². The summed E-state index contributed by atoms with van der Waals surface area (Å²) in [6.07, 6.45) is 7.09. The van der Waals surface area contributed by atoms with E-state index in [0.717, 1.165) is 17.9 Å². The standard InChI is InChI=1S/C17H33N3/c1-15-3-11-20(12-4-15)17-7-10-19(14-17)13-16-5-8-18(2)9-6-16/h15-17H,3-14H2,1-2H3. The zero-order valence-corrected chi connectivity index (χ0v) is 13.6. The lowest BCUT2D eigenvalue weighted by atomic mass is 9.96. The number of nitrogens with zero attached hydrogens (tertiary/aromatic N) is 3. The monoisotopic (exact) mass is 279 g/mol. The average molecular weight is 279 g/mol. The van der Waals surface area contributed by atoms with Gasteiger partial charge in [-0.25, -0.2) is 0 Å². The van der Waals surface area contributed by atoms with Crippen molar-refractivity contribution in [1.82, 2.24) is 14.7 Å². The molecule has 1 unspecified atom stereocenters. The van der Waals surface area contributed by atoms with Gasteiger partial charge < -0.3 is 9.80 Å². The normalized spacial score (nSPS) is 33.0. The Balaban J connectivity index is 1.40. The van der Waals surface area contributed by atoms with Gasteiger partial charge in [0.05, 0.1) is 0 Å². The van der Waals surface area contributed by atoms with Crippen LogP contribution >= 0.6 is 0 Å². The highest BCUT2D eigenvalue weighted by Crippen LogP contribution is 2.25. The van der Waals surface area contributed by atoms with Gasteiger partial charge in [0, 0.05) is 19.1 Å². The molecular weight excluding hydrogens is 246 g/mol. The molecule has 3 heteroatoms. The zero-order valence-electron chi connectivity index (χ0n) is 13.6. The van der Waals surface area contributed by atoms with Crippen molar-refractivity contribution in [1.29, 1.82) is 0 Å². The Morgan fingerprint density at radius 2 is 1.55 bits per heavy atom. The molecule has 0 aromatic heterocycles. The first-order chi connectivity index (χ1) is 9.70. The maximum absolute atomic E-state index is 2.79. The molecule has 3 saturated heterocycles. The van der Waals surface area contributed by atoms with Crippen LogP contribution in [0.4, 0.5) is 0 Å². The fraction of sp³-hybridized carbons (Fsp3) is 1.00. The highest BCUT2D eigenvalue weighted by Gasteiger charge is 2.31. The van der Waals surface area contributed by atoms with Crippen LogP contribution in [0.25, 0.3) is 0 Å². The largest absolute Gasteiger partial charge is 0.306 e. The molecule has 0 saturated carbocycles. The molecular formula is C17H33N3. The summed E-state index contributed by atoms with van der Waals surface area (Å²) < 4.78 is 0. The van der Waals surface area contributed by atoms with Gasteiger partial charge in [-0.05, 0) is 83.7 Å². The lowest BCUT2D eigenvalue weighted by molar-refractivity contribution is 0.130. The first kappa shape index (κ1) is 14.8. The first-order valence-corrected chi connectivity index (χ1v) is 8.85. The van der Waals surface area contributed by atoms with Gasteiger partial charge in [-0.3, -0.25) is 4.90 Å². The minimum atomic E-state index is 0.869. The molecule has 0 aliphatic carbocycles. The van der Waals surface area contributed by atoms with E-state index in [1.54, 1.807) is 0 Å². The van der Waals surface area contributed by atoms with E-state index < -0.39 is 0 Å². The van der Waals surface area contributed by atoms with Gasteiger partial charge in [0.1, 0.15) is 0 Å². The van der Waals surface area contributed by atoms with Crippen LogP contribution in [0.2, 0.25) is 0 Å². The molecule has 0 radical (unpaired) electrons. The van der Waals surface area contributed by atoms with Gasteiger partial charge in [0.25, 0.3) is 0 Å². The van der Waals surface area contributed by atoms with Crippen LogP contribution in [0.5, 0.6) is 0 Å². The number of piperidine rings is 2. The third-order valence-electron chi connectivity index (χ3n) is 5.94. The summed E-state index contributed by atoms with van der Waals surface area (Å²) >= 11 is 0. The molecule has 0 bridgehead atoms. The Morgan fingerprint density at radius 3 is 2.25 bits per heavy atom. The number of rotatable bonds is 3. The summed E-state index contributed by atoms with van der Waals surface area (Å²) in [6.45, 7) is 11.8. The van der Waals surface area contributed by atoms with Crippen molar-refractivity contribution >= 4 is 0 Å². The van der Waals surface area contributed by atoms with E-state index in [0.29, 0.717) is 0 Å². The SMILES string of the molecule is CC1CCN(C2CCN(CC3CCN(C)CC3)C2)CC1. The lowest BCUT2D eigenvalue weighted by Gasteiger charge is -2.35. The summed E-state index contributed by atoms with van der Waals surface area (Å²) in [5.74, 6) is 1.93. The summed E-state index contributed by atoms with van der Waals surface area (Å²) in [5.41, 5.74) is 0. The fourth-order valence-corrected chi connectivity index (χ4v) is 4.28. The quantitative estimate of drug-likeness (QED) is 0.784. The van der Waals surface area contributed by atoms with Crippen LogP contribution in [0, 0.1) is 11.8 Å². The van der Waals surface area contributed by atoms with Crippen LogP contribution in [-0.4, -0.2) is 73.6 Å². The van der Waals surface area contributed by atoms with Crippen molar-refractivity contribution in [3.8, 4) is 0 Å². The second-order valence-corrected chi connectivity index (χ2v) is 7.67. The van der Waals surface area contributed by atoms with Crippen LogP contribution in [0.15, 0.2) is 0 Å². The van der Waals surface area contributed by atoms with Crippen molar-refractivity contribution in [3.05, 3.63) is 0 Å². The minimum Gasteiger partial charge on any atom is -0.306 e. The van der Waals surface area contributed by atoms with Crippen molar-refractivity contribution in [2.75, 3.05) is 52.9 Å². The third-order valence-corrected chi connectivity index (χ3v) is 5.94. The molecule has 3 fully saturated rings. The summed E-state index contributed by atoms with van der Waals surface area (Å²) in [7, 11) is 2.26. The predicted molar refractivity (Wildman–Crippen MR) is 85.0 cm³/mol. The van der Waals surface area contributed by atoms with Crippen molar-refractivity contribution < 1.29 is 0 Å².